The third-order valence-electron chi connectivity index (χ3n) is 3.37. The van der Waals surface area contributed by atoms with Gasteiger partial charge in [-0.15, -0.1) is 11.3 Å². The van der Waals surface area contributed by atoms with Crippen LogP contribution in [-0.2, 0) is 0 Å². The van der Waals surface area contributed by atoms with E-state index in [-0.39, 0.29) is 5.56 Å². The summed E-state index contributed by atoms with van der Waals surface area (Å²) in [6.07, 6.45) is 1.45. The highest BCUT2D eigenvalue weighted by atomic mass is 32.1. The van der Waals surface area contributed by atoms with Crippen LogP contribution in [0.1, 0.15) is 5.56 Å². The molecule has 0 amide bonds. The predicted octanol–water partition coefficient (Wildman–Crippen LogP) is 2.99. The Labute approximate surface area is 111 Å². The van der Waals surface area contributed by atoms with Crippen LogP contribution in [0, 0.1) is 6.92 Å². The van der Waals surface area contributed by atoms with E-state index in [1.54, 1.807) is 0 Å². The van der Waals surface area contributed by atoms with Crippen molar-refractivity contribution in [2.45, 2.75) is 6.92 Å². The van der Waals surface area contributed by atoms with Crippen LogP contribution in [0.4, 0.5) is 0 Å². The third-order valence-corrected chi connectivity index (χ3v) is 4.44. The summed E-state index contributed by atoms with van der Waals surface area (Å²) in [5.41, 5.74) is 2.73. The number of pyridine rings is 1. The van der Waals surface area contributed by atoms with Crippen molar-refractivity contribution in [2.75, 3.05) is 0 Å². The van der Waals surface area contributed by atoms with Crippen molar-refractivity contribution in [3.05, 3.63) is 46.5 Å². The van der Waals surface area contributed by atoms with Gasteiger partial charge in [-0.2, -0.15) is 0 Å². The molecule has 0 bridgehead atoms. The molecule has 4 nitrogen and oxygen atoms in total. The van der Waals surface area contributed by atoms with Gasteiger partial charge in [0.05, 0.1) is 17.4 Å². The zero-order valence-electron chi connectivity index (χ0n) is 10.1. The van der Waals surface area contributed by atoms with E-state index in [1.807, 2.05) is 24.3 Å². The zero-order valence-corrected chi connectivity index (χ0v) is 10.9. The fraction of sp³-hybridized carbons (Fsp3) is 0.0714. The summed E-state index contributed by atoms with van der Waals surface area (Å²) in [6.45, 7) is 2.06. The fourth-order valence-corrected chi connectivity index (χ4v) is 3.55. The van der Waals surface area contributed by atoms with Crippen molar-refractivity contribution in [3.63, 3.8) is 0 Å². The Morgan fingerprint density at radius 2 is 2.11 bits per heavy atom. The van der Waals surface area contributed by atoms with Crippen LogP contribution in [-0.4, -0.2) is 15.0 Å². The van der Waals surface area contributed by atoms with Gasteiger partial charge in [-0.25, -0.2) is 9.97 Å². The SMILES string of the molecule is Cc1c2ccccc2nc2sc3c(=O)[nH]cnc3c12. The fourth-order valence-electron chi connectivity index (χ4n) is 2.46. The van der Waals surface area contributed by atoms with Crippen LogP contribution < -0.4 is 5.56 Å². The molecule has 0 atom stereocenters. The lowest BCUT2D eigenvalue weighted by molar-refractivity contribution is 1.18. The predicted molar refractivity (Wildman–Crippen MR) is 77.8 cm³/mol. The minimum Gasteiger partial charge on any atom is -0.312 e. The van der Waals surface area contributed by atoms with Crippen molar-refractivity contribution >= 4 is 42.7 Å². The average Bonchev–Trinajstić information content (AvgIpc) is 2.79. The van der Waals surface area contributed by atoms with Gasteiger partial charge in [0.2, 0.25) is 0 Å². The topological polar surface area (TPSA) is 58.6 Å². The van der Waals surface area contributed by atoms with Gasteiger partial charge in [-0.05, 0) is 18.6 Å². The van der Waals surface area contributed by atoms with Gasteiger partial charge in [0, 0.05) is 10.8 Å². The van der Waals surface area contributed by atoms with Gasteiger partial charge in [0.1, 0.15) is 9.53 Å². The van der Waals surface area contributed by atoms with Gasteiger partial charge in [0.25, 0.3) is 5.56 Å². The number of aromatic nitrogens is 3. The van der Waals surface area contributed by atoms with Gasteiger partial charge >= 0.3 is 0 Å². The normalized spacial score (nSPS) is 11.6. The number of fused-ring (bicyclic) bond motifs is 4. The smallest absolute Gasteiger partial charge is 0.268 e. The Balaban J connectivity index is 2.37. The van der Waals surface area contributed by atoms with Gasteiger partial charge in [0.15, 0.2) is 0 Å². The number of rotatable bonds is 0. The summed E-state index contributed by atoms with van der Waals surface area (Å²) in [5.74, 6) is 0. The minimum atomic E-state index is -0.101. The first kappa shape index (κ1) is 10.6. The van der Waals surface area contributed by atoms with Crippen LogP contribution in [0.25, 0.3) is 31.3 Å². The van der Waals surface area contributed by atoms with E-state index in [9.17, 15) is 4.79 Å². The van der Waals surface area contributed by atoms with Crippen molar-refractivity contribution in [2.24, 2.45) is 0 Å². The minimum absolute atomic E-state index is 0.101. The number of aryl methyl sites for hydroxylation is 1. The van der Waals surface area contributed by atoms with E-state index < -0.39 is 0 Å². The van der Waals surface area contributed by atoms with Gasteiger partial charge < -0.3 is 4.98 Å². The molecule has 0 spiro atoms. The second-order valence-electron chi connectivity index (χ2n) is 4.45. The molecular weight excluding hydrogens is 258 g/mol. The molecule has 5 heteroatoms. The summed E-state index contributed by atoms with van der Waals surface area (Å²) in [7, 11) is 0. The Bertz CT molecular complexity index is 1000. The summed E-state index contributed by atoms with van der Waals surface area (Å²) in [6, 6.07) is 8.01. The molecule has 19 heavy (non-hydrogen) atoms. The number of hydrogen-bond acceptors (Lipinski definition) is 4. The van der Waals surface area contributed by atoms with Crippen LogP contribution in [0.3, 0.4) is 0 Å². The Kier molecular flexibility index (Phi) is 2.02. The first-order chi connectivity index (χ1) is 9.25. The molecule has 4 rings (SSSR count). The average molecular weight is 267 g/mol. The molecule has 3 aromatic heterocycles. The maximum Gasteiger partial charge on any atom is 0.268 e. The Morgan fingerprint density at radius 3 is 3.00 bits per heavy atom. The molecule has 0 saturated heterocycles. The molecule has 0 radical (unpaired) electrons. The maximum absolute atomic E-state index is 11.8. The number of para-hydroxylation sites is 1. The molecular formula is C14H9N3OS. The lowest BCUT2D eigenvalue weighted by Crippen LogP contribution is -2.03. The molecule has 0 fully saturated rings. The molecule has 0 aliphatic heterocycles. The molecule has 0 aliphatic carbocycles. The van der Waals surface area contributed by atoms with E-state index in [2.05, 4.69) is 21.9 Å². The monoisotopic (exact) mass is 267 g/mol. The van der Waals surface area contributed by atoms with Crippen molar-refractivity contribution < 1.29 is 0 Å². The number of hydrogen-bond donors (Lipinski definition) is 1. The summed E-state index contributed by atoms with van der Waals surface area (Å²) < 4.78 is 0.642. The van der Waals surface area contributed by atoms with Crippen LogP contribution >= 0.6 is 11.3 Å². The van der Waals surface area contributed by atoms with Gasteiger partial charge in [-0.1, -0.05) is 18.2 Å². The molecule has 0 unspecified atom stereocenters. The van der Waals surface area contributed by atoms with E-state index >= 15 is 0 Å². The number of nitrogens with zero attached hydrogens (tertiary/aromatic N) is 2. The molecule has 1 N–H and O–H groups in total. The summed E-state index contributed by atoms with van der Waals surface area (Å²) >= 11 is 1.40. The number of thiophene rings is 1. The molecule has 0 saturated carbocycles. The molecule has 0 aliphatic rings. The highest BCUT2D eigenvalue weighted by molar-refractivity contribution is 7.25. The van der Waals surface area contributed by atoms with Crippen LogP contribution in [0.5, 0.6) is 0 Å². The first-order valence-corrected chi connectivity index (χ1v) is 6.72. The van der Waals surface area contributed by atoms with Gasteiger partial charge in [-0.3, -0.25) is 4.79 Å². The Hall–Kier alpha value is -2.27. The summed E-state index contributed by atoms with van der Waals surface area (Å²) in [4.78, 5) is 24.3. The highest BCUT2D eigenvalue weighted by Gasteiger charge is 2.14. The first-order valence-electron chi connectivity index (χ1n) is 5.91. The van der Waals surface area contributed by atoms with Crippen LogP contribution in [0.15, 0.2) is 35.4 Å². The van der Waals surface area contributed by atoms with E-state index in [4.69, 9.17) is 0 Å². The largest absolute Gasteiger partial charge is 0.312 e. The standard InChI is InChI=1S/C14H9N3OS/c1-7-8-4-2-3-5-9(8)17-14-10(7)11-12(19-14)13(18)16-6-15-11/h2-6H,1H3,(H,15,16,18). The second kappa shape index (κ2) is 3.61. The zero-order chi connectivity index (χ0) is 13.0. The highest BCUT2D eigenvalue weighted by Crippen LogP contribution is 2.34. The van der Waals surface area contributed by atoms with Crippen molar-refractivity contribution in [1.29, 1.82) is 0 Å². The lowest BCUT2D eigenvalue weighted by Gasteiger charge is -2.02. The van der Waals surface area contributed by atoms with Crippen molar-refractivity contribution in [3.8, 4) is 0 Å². The maximum atomic E-state index is 11.8. The molecule has 4 aromatic rings. The molecule has 1 aromatic carbocycles. The molecule has 3 heterocycles. The van der Waals surface area contributed by atoms with Crippen LogP contribution in [0.2, 0.25) is 0 Å². The lowest BCUT2D eigenvalue weighted by atomic mass is 10.1. The quantitative estimate of drug-likeness (QED) is 0.533. The van der Waals surface area contributed by atoms with E-state index in [0.29, 0.717) is 4.70 Å². The number of aromatic amines is 1. The Morgan fingerprint density at radius 1 is 1.26 bits per heavy atom. The number of nitrogens with one attached hydrogen (secondary N) is 1. The van der Waals surface area contributed by atoms with E-state index in [1.165, 1.54) is 17.7 Å². The third kappa shape index (κ3) is 1.36. The molecule has 92 valence electrons. The number of H-pyrrole nitrogens is 1. The summed E-state index contributed by atoms with van der Waals surface area (Å²) in [5, 5.41) is 2.10. The van der Waals surface area contributed by atoms with E-state index in [0.717, 1.165) is 32.2 Å². The van der Waals surface area contributed by atoms with Crippen molar-refractivity contribution in [1.82, 2.24) is 15.0 Å². The second-order valence-corrected chi connectivity index (χ2v) is 5.44. The number of benzene rings is 1.